The predicted molar refractivity (Wildman–Crippen MR) is 94.7 cm³/mol. The molecule has 0 unspecified atom stereocenters. The second kappa shape index (κ2) is 7.39. The molecule has 0 saturated carbocycles. The molecule has 144 valence electrons. The highest BCUT2D eigenvalue weighted by atomic mass is 19.4. The van der Waals surface area contributed by atoms with Gasteiger partial charge in [0.25, 0.3) is 0 Å². The monoisotopic (exact) mass is 381 g/mol. The Bertz CT molecular complexity index is 872. The van der Waals surface area contributed by atoms with Crippen LogP contribution in [0.25, 0.3) is 10.9 Å². The maximum atomic E-state index is 12.5. The summed E-state index contributed by atoms with van der Waals surface area (Å²) in [7, 11) is 0. The normalized spacial score (nSPS) is 17.2. The molecule has 0 aliphatic carbocycles. The molecule has 1 aliphatic rings. The lowest BCUT2D eigenvalue weighted by Crippen LogP contribution is -2.27. The molecule has 1 aliphatic heterocycles. The smallest absolute Gasteiger partial charge is 0.422 e. The van der Waals surface area contributed by atoms with Crippen molar-refractivity contribution < 1.29 is 22.7 Å². The van der Waals surface area contributed by atoms with Crippen molar-refractivity contribution in [2.24, 2.45) is 5.73 Å². The van der Waals surface area contributed by atoms with Crippen LogP contribution in [0.4, 0.5) is 24.7 Å². The molecule has 3 N–H and O–H groups in total. The zero-order chi connectivity index (χ0) is 19.6. The Hall–Kier alpha value is -2.88. The van der Waals surface area contributed by atoms with E-state index in [1.807, 2.05) is 4.90 Å². The summed E-state index contributed by atoms with van der Waals surface area (Å²) in [4.78, 5) is 21.6. The first-order chi connectivity index (χ1) is 12.7. The van der Waals surface area contributed by atoms with Crippen molar-refractivity contribution in [2.45, 2.75) is 18.6 Å². The van der Waals surface area contributed by atoms with Crippen LogP contribution in [-0.4, -0.2) is 47.8 Å². The Morgan fingerprint density at radius 3 is 2.85 bits per heavy atom. The highest BCUT2D eigenvalue weighted by Crippen LogP contribution is 2.30. The van der Waals surface area contributed by atoms with Gasteiger partial charge in [0.1, 0.15) is 5.82 Å². The fourth-order valence-electron chi connectivity index (χ4n) is 2.79. The van der Waals surface area contributed by atoms with Crippen LogP contribution in [0.2, 0.25) is 0 Å². The molecule has 3 rings (SSSR count). The number of halogens is 3. The third kappa shape index (κ3) is 4.64. The molecule has 2 heterocycles. The molecule has 1 saturated heterocycles. The molecule has 0 spiro atoms. The molecular weight excluding hydrogens is 363 g/mol. The topological polar surface area (TPSA) is 93.4 Å². The summed E-state index contributed by atoms with van der Waals surface area (Å²) in [6.07, 6.45) is -2.65. The van der Waals surface area contributed by atoms with Crippen molar-refractivity contribution in [2.75, 3.05) is 29.9 Å². The summed E-state index contributed by atoms with van der Waals surface area (Å²) < 4.78 is 42.2. The minimum atomic E-state index is -4.51. The first kappa shape index (κ1) is 18.9. The molecule has 2 aromatic rings. The fourth-order valence-corrected chi connectivity index (χ4v) is 2.79. The van der Waals surface area contributed by atoms with Crippen LogP contribution in [0.1, 0.15) is 6.42 Å². The number of anilines is 2. The molecule has 1 amide bonds. The number of carbonyl (C=O) groups excluding carboxylic acids is 1. The number of carbonyl (C=O) groups is 1. The van der Waals surface area contributed by atoms with Gasteiger partial charge in [-0.05, 0) is 30.7 Å². The molecule has 10 heteroatoms. The van der Waals surface area contributed by atoms with Gasteiger partial charge in [0.15, 0.2) is 6.61 Å². The number of amides is 1. The number of benzene rings is 1. The quantitative estimate of drug-likeness (QED) is 0.772. The van der Waals surface area contributed by atoms with Crippen molar-refractivity contribution in [1.82, 2.24) is 9.97 Å². The number of fused-ring (bicyclic) bond motifs is 1. The van der Waals surface area contributed by atoms with E-state index < -0.39 is 18.7 Å². The van der Waals surface area contributed by atoms with E-state index in [0.717, 1.165) is 12.5 Å². The van der Waals surface area contributed by atoms with Crippen molar-refractivity contribution in [3.8, 4) is 6.01 Å². The van der Waals surface area contributed by atoms with Gasteiger partial charge in [0.05, 0.1) is 5.52 Å². The first-order valence-electron chi connectivity index (χ1n) is 8.20. The van der Waals surface area contributed by atoms with E-state index >= 15 is 0 Å². The maximum Gasteiger partial charge on any atom is 0.422 e. The highest BCUT2D eigenvalue weighted by Gasteiger charge is 2.30. The van der Waals surface area contributed by atoms with E-state index in [0.29, 0.717) is 35.5 Å². The van der Waals surface area contributed by atoms with Crippen LogP contribution in [-0.2, 0) is 4.79 Å². The molecule has 1 aromatic carbocycles. The first-order valence-corrected chi connectivity index (χ1v) is 8.20. The van der Waals surface area contributed by atoms with Gasteiger partial charge in [-0.1, -0.05) is 6.58 Å². The lowest BCUT2D eigenvalue weighted by Gasteiger charge is -2.20. The molecule has 1 atom stereocenters. The number of ether oxygens (including phenoxy) is 1. The van der Waals surface area contributed by atoms with Gasteiger partial charge in [0.2, 0.25) is 5.91 Å². The fraction of sp³-hybridized carbons (Fsp3) is 0.353. The van der Waals surface area contributed by atoms with E-state index in [2.05, 4.69) is 21.9 Å². The summed E-state index contributed by atoms with van der Waals surface area (Å²) in [6, 6.07) is 4.46. The minimum absolute atomic E-state index is 0.0410. The molecule has 0 bridgehead atoms. The number of alkyl halides is 3. The third-order valence-electron chi connectivity index (χ3n) is 4.00. The number of rotatable bonds is 5. The van der Waals surface area contributed by atoms with E-state index in [1.54, 1.807) is 18.2 Å². The zero-order valence-corrected chi connectivity index (χ0v) is 14.3. The molecular formula is C17H18F3N5O2. The summed E-state index contributed by atoms with van der Waals surface area (Å²) >= 11 is 0. The minimum Gasteiger partial charge on any atom is -0.454 e. The van der Waals surface area contributed by atoms with E-state index in [9.17, 15) is 18.0 Å². The highest BCUT2D eigenvalue weighted by molar-refractivity contribution is 6.01. The average Bonchev–Trinajstić information content (AvgIpc) is 3.04. The maximum absolute atomic E-state index is 12.5. The summed E-state index contributed by atoms with van der Waals surface area (Å²) in [5.74, 6) is 0.0365. The molecule has 0 radical (unpaired) electrons. The van der Waals surface area contributed by atoms with Gasteiger partial charge in [-0.2, -0.15) is 23.1 Å². The lowest BCUT2D eigenvalue weighted by molar-refractivity contribution is -0.154. The van der Waals surface area contributed by atoms with Gasteiger partial charge >= 0.3 is 12.2 Å². The summed E-state index contributed by atoms with van der Waals surface area (Å²) in [5, 5.41) is 3.21. The van der Waals surface area contributed by atoms with E-state index in [1.165, 1.54) is 0 Å². The van der Waals surface area contributed by atoms with Gasteiger partial charge in [-0.3, -0.25) is 4.79 Å². The van der Waals surface area contributed by atoms with Crippen LogP contribution in [0.15, 0.2) is 30.9 Å². The number of hydrogen-bond donors (Lipinski definition) is 2. The van der Waals surface area contributed by atoms with Crippen molar-refractivity contribution in [3.05, 3.63) is 30.9 Å². The summed E-state index contributed by atoms with van der Waals surface area (Å²) in [5.41, 5.74) is 6.71. The van der Waals surface area contributed by atoms with E-state index in [4.69, 9.17) is 10.5 Å². The SMILES string of the molecule is C=CC(=O)Nc1ccc2c(N3CC[C@@H](N)C3)nc(OCC(F)(F)F)nc2c1. The van der Waals surface area contributed by atoms with Gasteiger partial charge < -0.3 is 20.7 Å². The van der Waals surface area contributed by atoms with Crippen LogP contribution in [0.5, 0.6) is 6.01 Å². The number of nitrogens with zero attached hydrogens (tertiary/aromatic N) is 3. The number of nitrogens with one attached hydrogen (secondary N) is 1. The van der Waals surface area contributed by atoms with Gasteiger partial charge in [0, 0.05) is 30.2 Å². The van der Waals surface area contributed by atoms with Crippen molar-refractivity contribution in [3.63, 3.8) is 0 Å². The van der Waals surface area contributed by atoms with Crippen molar-refractivity contribution >= 4 is 28.3 Å². The average molecular weight is 381 g/mol. The lowest BCUT2D eigenvalue weighted by atomic mass is 10.2. The Balaban J connectivity index is 2.01. The van der Waals surface area contributed by atoms with Gasteiger partial charge in [-0.15, -0.1) is 0 Å². The van der Waals surface area contributed by atoms with Crippen LogP contribution < -0.4 is 20.7 Å². The standard InChI is InChI=1S/C17H18F3N5O2/c1-2-14(26)22-11-3-4-12-13(7-11)23-16(27-9-17(18,19)20)24-15(12)25-6-5-10(21)8-25/h2-4,7,10H,1,5-6,8-9,21H2,(H,22,26)/t10-/m1/s1. The largest absolute Gasteiger partial charge is 0.454 e. The van der Waals surface area contributed by atoms with Crippen LogP contribution in [0.3, 0.4) is 0 Å². The molecule has 27 heavy (non-hydrogen) atoms. The number of hydrogen-bond acceptors (Lipinski definition) is 6. The molecule has 1 aromatic heterocycles. The predicted octanol–water partition coefficient (Wildman–Crippen LogP) is 2.23. The zero-order valence-electron chi connectivity index (χ0n) is 14.3. The Kier molecular flexibility index (Phi) is 5.17. The van der Waals surface area contributed by atoms with E-state index in [-0.39, 0.29) is 12.1 Å². The second-order valence-corrected chi connectivity index (χ2v) is 6.15. The Labute approximate surface area is 153 Å². The van der Waals surface area contributed by atoms with Crippen LogP contribution in [0, 0.1) is 0 Å². The molecule has 7 nitrogen and oxygen atoms in total. The summed E-state index contributed by atoms with van der Waals surface area (Å²) in [6.45, 7) is 3.03. The third-order valence-corrected chi connectivity index (χ3v) is 4.00. The van der Waals surface area contributed by atoms with Gasteiger partial charge in [-0.25, -0.2) is 0 Å². The Morgan fingerprint density at radius 1 is 1.44 bits per heavy atom. The molecule has 1 fully saturated rings. The number of nitrogens with two attached hydrogens (primary N) is 1. The second-order valence-electron chi connectivity index (χ2n) is 6.15. The van der Waals surface area contributed by atoms with Crippen molar-refractivity contribution in [1.29, 1.82) is 0 Å². The number of aromatic nitrogens is 2. The Morgan fingerprint density at radius 2 is 2.22 bits per heavy atom. The van der Waals surface area contributed by atoms with Crippen LogP contribution >= 0.6 is 0 Å².